The highest BCUT2D eigenvalue weighted by Gasteiger charge is 2.15. The van der Waals surface area contributed by atoms with Crippen molar-refractivity contribution in [3.05, 3.63) is 29.3 Å². The Hall–Kier alpha value is -1.53. The fraction of sp³-hybridized carbons (Fsp3) is 0.533. The van der Waals surface area contributed by atoms with Gasteiger partial charge in [-0.15, -0.1) is 0 Å². The van der Waals surface area contributed by atoms with E-state index >= 15 is 0 Å². The lowest BCUT2D eigenvalue weighted by molar-refractivity contribution is 0.390. The van der Waals surface area contributed by atoms with Gasteiger partial charge in [-0.1, -0.05) is 24.6 Å². The van der Waals surface area contributed by atoms with Gasteiger partial charge in [0.1, 0.15) is 5.75 Å². The second-order valence-electron chi connectivity index (χ2n) is 4.60. The molecule has 0 aliphatic rings. The summed E-state index contributed by atoms with van der Waals surface area (Å²) in [6.45, 7) is 6.27. The Kier molecular flexibility index (Phi) is 5.67. The third-order valence-corrected chi connectivity index (χ3v) is 3.17. The molecule has 0 radical (unpaired) electrons. The second-order valence-corrected chi connectivity index (χ2v) is 4.60. The van der Waals surface area contributed by atoms with Gasteiger partial charge in [0.2, 0.25) is 0 Å². The average Bonchev–Trinajstić information content (AvgIpc) is 2.38. The van der Waals surface area contributed by atoms with Crippen LogP contribution in [0.3, 0.4) is 0 Å². The Balaban J connectivity index is 2.85. The number of nitriles is 1. The van der Waals surface area contributed by atoms with Gasteiger partial charge < -0.3 is 10.1 Å². The van der Waals surface area contributed by atoms with Crippen molar-refractivity contribution in [2.45, 2.75) is 45.7 Å². The van der Waals surface area contributed by atoms with Gasteiger partial charge in [-0.3, -0.25) is 0 Å². The van der Waals surface area contributed by atoms with E-state index in [1.165, 1.54) is 5.56 Å². The first kappa shape index (κ1) is 14.5. The lowest BCUT2D eigenvalue weighted by atomic mass is 10.0. The lowest BCUT2D eigenvalue weighted by Crippen LogP contribution is -2.30. The number of nitrogens with zero attached hydrogens (tertiary/aromatic N) is 1. The van der Waals surface area contributed by atoms with Crippen molar-refractivity contribution in [2.24, 2.45) is 0 Å². The van der Waals surface area contributed by atoms with E-state index in [-0.39, 0.29) is 12.1 Å². The molecule has 0 fully saturated rings. The Morgan fingerprint density at radius 1 is 1.44 bits per heavy atom. The molecule has 0 heterocycles. The highest BCUT2D eigenvalue weighted by Crippen LogP contribution is 2.26. The number of benzene rings is 1. The highest BCUT2D eigenvalue weighted by atomic mass is 16.5. The molecule has 0 saturated carbocycles. The number of rotatable bonds is 6. The molecule has 1 aromatic carbocycles. The van der Waals surface area contributed by atoms with Gasteiger partial charge >= 0.3 is 0 Å². The minimum absolute atomic E-state index is 0.179. The van der Waals surface area contributed by atoms with Crippen LogP contribution < -0.4 is 10.1 Å². The van der Waals surface area contributed by atoms with E-state index in [0.29, 0.717) is 6.42 Å². The van der Waals surface area contributed by atoms with Gasteiger partial charge in [0, 0.05) is 17.6 Å². The maximum absolute atomic E-state index is 8.78. The molecule has 0 saturated heterocycles. The number of hydrogen-bond donors (Lipinski definition) is 1. The quantitative estimate of drug-likeness (QED) is 0.837. The maximum atomic E-state index is 8.78. The fourth-order valence-corrected chi connectivity index (χ4v) is 2.07. The van der Waals surface area contributed by atoms with Crippen molar-refractivity contribution >= 4 is 0 Å². The number of methoxy groups -OCH3 is 1. The predicted octanol–water partition coefficient (Wildman–Crippen LogP) is 3.35. The Labute approximate surface area is 110 Å². The summed E-state index contributed by atoms with van der Waals surface area (Å²) in [4.78, 5) is 0. The van der Waals surface area contributed by atoms with Crippen LogP contribution in [0.4, 0.5) is 0 Å². The average molecular weight is 246 g/mol. The Morgan fingerprint density at radius 3 is 2.72 bits per heavy atom. The molecule has 98 valence electrons. The SMILES string of the molecule is CCC(CC#N)NC(C)c1cc(C)ccc1OC. The molecule has 0 amide bonds. The van der Waals surface area contributed by atoms with Crippen molar-refractivity contribution < 1.29 is 4.74 Å². The Bertz CT molecular complexity index is 423. The zero-order chi connectivity index (χ0) is 13.5. The van der Waals surface area contributed by atoms with Crippen molar-refractivity contribution in [3.63, 3.8) is 0 Å². The van der Waals surface area contributed by atoms with Gasteiger partial charge in [-0.05, 0) is 26.3 Å². The summed E-state index contributed by atoms with van der Waals surface area (Å²) in [5.74, 6) is 0.896. The summed E-state index contributed by atoms with van der Waals surface area (Å²) in [6, 6.07) is 8.80. The zero-order valence-electron chi connectivity index (χ0n) is 11.7. The van der Waals surface area contributed by atoms with Crippen LogP contribution in [-0.4, -0.2) is 13.2 Å². The molecular formula is C15H22N2O. The molecule has 1 N–H and O–H groups in total. The molecule has 0 spiro atoms. The van der Waals surface area contributed by atoms with E-state index in [1.54, 1.807) is 7.11 Å². The fourth-order valence-electron chi connectivity index (χ4n) is 2.07. The molecule has 0 bridgehead atoms. The summed E-state index contributed by atoms with van der Waals surface area (Å²) >= 11 is 0. The number of aryl methyl sites for hydroxylation is 1. The molecule has 1 aromatic rings. The molecule has 0 aromatic heterocycles. The van der Waals surface area contributed by atoms with Gasteiger partial charge in [-0.2, -0.15) is 5.26 Å². The maximum Gasteiger partial charge on any atom is 0.123 e. The standard InChI is InChI=1S/C15H22N2O/c1-5-13(8-9-16)17-12(3)14-10-11(2)6-7-15(14)18-4/h6-7,10,12-13,17H,5,8H2,1-4H3. The van der Waals surface area contributed by atoms with Crippen LogP contribution in [0.25, 0.3) is 0 Å². The first-order chi connectivity index (χ1) is 8.62. The van der Waals surface area contributed by atoms with Crippen LogP contribution in [-0.2, 0) is 0 Å². The number of hydrogen-bond acceptors (Lipinski definition) is 3. The topological polar surface area (TPSA) is 45.0 Å². The minimum atomic E-state index is 0.179. The summed E-state index contributed by atoms with van der Waals surface area (Å²) in [6.07, 6.45) is 1.49. The number of ether oxygens (including phenoxy) is 1. The zero-order valence-corrected chi connectivity index (χ0v) is 11.7. The molecule has 0 aliphatic heterocycles. The number of nitrogens with one attached hydrogen (secondary N) is 1. The van der Waals surface area contributed by atoms with Crippen LogP contribution >= 0.6 is 0 Å². The van der Waals surface area contributed by atoms with E-state index < -0.39 is 0 Å². The largest absolute Gasteiger partial charge is 0.496 e. The van der Waals surface area contributed by atoms with Crippen molar-refractivity contribution in [2.75, 3.05) is 7.11 Å². The van der Waals surface area contributed by atoms with Crippen LogP contribution in [0.2, 0.25) is 0 Å². The van der Waals surface area contributed by atoms with Crippen molar-refractivity contribution in [3.8, 4) is 11.8 Å². The van der Waals surface area contributed by atoms with Crippen LogP contribution in [0, 0.1) is 18.3 Å². The first-order valence-corrected chi connectivity index (χ1v) is 6.39. The first-order valence-electron chi connectivity index (χ1n) is 6.39. The van der Waals surface area contributed by atoms with Gasteiger partial charge in [0.15, 0.2) is 0 Å². The van der Waals surface area contributed by atoms with E-state index in [2.05, 4.69) is 38.2 Å². The Morgan fingerprint density at radius 2 is 2.17 bits per heavy atom. The molecule has 2 unspecified atom stereocenters. The normalized spacial score (nSPS) is 13.7. The minimum Gasteiger partial charge on any atom is -0.496 e. The van der Waals surface area contributed by atoms with E-state index in [0.717, 1.165) is 17.7 Å². The monoisotopic (exact) mass is 246 g/mol. The predicted molar refractivity (Wildman–Crippen MR) is 73.6 cm³/mol. The summed E-state index contributed by atoms with van der Waals surface area (Å²) in [5, 5.41) is 12.3. The van der Waals surface area contributed by atoms with Crippen LogP contribution in [0.1, 0.15) is 43.9 Å². The van der Waals surface area contributed by atoms with E-state index in [4.69, 9.17) is 10.00 Å². The summed E-state index contributed by atoms with van der Waals surface area (Å²) in [7, 11) is 1.69. The third-order valence-electron chi connectivity index (χ3n) is 3.17. The molecule has 3 heteroatoms. The van der Waals surface area contributed by atoms with Crippen molar-refractivity contribution in [1.29, 1.82) is 5.26 Å². The molecule has 2 atom stereocenters. The van der Waals surface area contributed by atoms with E-state index in [9.17, 15) is 0 Å². The van der Waals surface area contributed by atoms with Gasteiger partial charge in [0.25, 0.3) is 0 Å². The van der Waals surface area contributed by atoms with Gasteiger partial charge in [0.05, 0.1) is 19.6 Å². The van der Waals surface area contributed by atoms with Crippen molar-refractivity contribution in [1.82, 2.24) is 5.32 Å². The molecule has 0 aliphatic carbocycles. The highest BCUT2D eigenvalue weighted by molar-refractivity contribution is 5.38. The summed E-state index contributed by atoms with van der Waals surface area (Å²) < 4.78 is 5.39. The molecule has 3 nitrogen and oxygen atoms in total. The molecular weight excluding hydrogens is 224 g/mol. The third kappa shape index (κ3) is 3.75. The smallest absolute Gasteiger partial charge is 0.123 e. The molecule has 1 rings (SSSR count). The summed E-state index contributed by atoms with van der Waals surface area (Å²) in [5.41, 5.74) is 2.36. The molecule has 18 heavy (non-hydrogen) atoms. The van der Waals surface area contributed by atoms with E-state index in [1.807, 2.05) is 12.1 Å². The van der Waals surface area contributed by atoms with Crippen LogP contribution in [0.15, 0.2) is 18.2 Å². The van der Waals surface area contributed by atoms with Crippen LogP contribution in [0.5, 0.6) is 5.75 Å². The lowest BCUT2D eigenvalue weighted by Gasteiger charge is -2.22. The second kappa shape index (κ2) is 7.03. The van der Waals surface area contributed by atoms with Gasteiger partial charge in [-0.25, -0.2) is 0 Å².